The maximum atomic E-state index is 6.22. The van der Waals surface area contributed by atoms with E-state index in [0.29, 0.717) is 6.10 Å². The summed E-state index contributed by atoms with van der Waals surface area (Å²) in [6.07, 6.45) is 13.1. The fourth-order valence-corrected chi connectivity index (χ4v) is 4.36. The summed E-state index contributed by atoms with van der Waals surface area (Å²) in [7, 11) is 0. The molecule has 126 valence electrons. The predicted octanol–water partition coefficient (Wildman–Crippen LogP) is 5.72. The van der Waals surface area contributed by atoms with E-state index in [1.807, 2.05) is 0 Å². The summed E-state index contributed by atoms with van der Waals surface area (Å²) in [6.45, 7) is 7.11. The third-order valence-electron chi connectivity index (χ3n) is 6.10. The monoisotopic (exact) mass is 312 g/mol. The molecular formula is C22H32O. The molecule has 1 aliphatic carbocycles. The van der Waals surface area contributed by atoms with Crippen LogP contribution in [0.1, 0.15) is 56.1 Å². The minimum Gasteiger partial charge on any atom is -0.378 e. The smallest absolute Gasteiger partial charge is 0.0578 e. The van der Waals surface area contributed by atoms with Crippen LogP contribution in [-0.4, -0.2) is 12.7 Å². The van der Waals surface area contributed by atoms with E-state index in [9.17, 15) is 0 Å². The van der Waals surface area contributed by atoms with Gasteiger partial charge in [-0.05, 0) is 81.6 Å². The van der Waals surface area contributed by atoms with Crippen LogP contribution in [0.25, 0.3) is 0 Å². The SMILES string of the molecule is C=CC1CCC(C2CCC(CCc3ccc(C)cc3)OC2)CC1. The Labute approximate surface area is 142 Å². The topological polar surface area (TPSA) is 9.23 Å². The van der Waals surface area contributed by atoms with Crippen molar-refractivity contribution in [1.29, 1.82) is 0 Å². The van der Waals surface area contributed by atoms with Crippen LogP contribution in [0.15, 0.2) is 36.9 Å². The first-order chi connectivity index (χ1) is 11.2. The van der Waals surface area contributed by atoms with Crippen molar-refractivity contribution in [1.82, 2.24) is 0 Å². The lowest BCUT2D eigenvalue weighted by atomic mass is 9.74. The molecule has 1 saturated carbocycles. The molecule has 1 heteroatoms. The molecule has 1 aromatic rings. The maximum Gasteiger partial charge on any atom is 0.0578 e. The number of benzene rings is 1. The third kappa shape index (κ3) is 4.70. The Bertz CT molecular complexity index is 473. The molecule has 1 aromatic carbocycles. The fraction of sp³-hybridized carbons (Fsp3) is 0.636. The second-order valence-electron chi connectivity index (χ2n) is 7.73. The summed E-state index contributed by atoms with van der Waals surface area (Å²) in [5.74, 6) is 2.50. The molecule has 0 aromatic heterocycles. The molecule has 0 bridgehead atoms. The molecule has 2 fully saturated rings. The first kappa shape index (κ1) is 16.8. The lowest BCUT2D eigenvalue weighted by Gasteiger charge is -2.37. The fourth-order valence-electron chi connectivity index (χ4n) is 4.36. The Morgan fingerprint density at radius 2 is 1.70 bits per heavy atom. The normalized spacial score (nSPS) is 31.7. The zero-order valence-electron chi connectivity index (χ0n) is 14.7. The molecule has 23 heavy (non-hydrogen) atoms. The van der Waals surface area contributed by atoms with E-state index in [1.54, 1.807) is 0 Å². The highest BCUT2D eigenvalue weighted by Crippen LogP contribution is 2.38. The second kappa shape index (κ2) is 8.15. The van der Waals surface area contributed by atoms with Crippen molar-refractivity contribution in [3.8, 4) is 0 Å². The first-order valence-electron chi connectivity index (χ1n) is 9.54. The molecule has 2 atom stereocenters. The quantitative estimate of drug-likeness (QED) is 0.632. The van der Waals surface area contributed by atoms with Crippen molar-refractivity contribution in [2.75, 3.05) is 6.61 Å². The minimum absolute atomic E-state index is 0.483. The van der Waals surface area contributed by atoms with Crippen molar-refractivity contribution in [3.63, 3.8) is 0 Å². The zero-order chi connectivity index (χ0) is 16.1. The Morgan fingerprint density at radius 1 is 1.00 bits per heavy atom. The number of hydrogen-bond acceptors (Lipinski definition) is 1. The van der Waals surface area contributed by atoms with Crippen molar-refractivity contribution in [3.05, 3.63) is 48.0 Å². The summed E-state index contributed by atoms with van der Waals surface area (Å²) in [5.41, 5.74) is 2.79. The van der Waals surface area contributed by atoms with Gasteiger partial charge in [-0.25, -0.2) is 0 Å². The van der Waals surface area contributed by atoms with Crippen LogP contribution in [0.5, 0.6) is 0 Å². The van der Waals surface area contributed by atoms with Gasteiger partial charge in [-0.2, -0.15) is 0 Å². The lowest BCUT2D eigenvalue weighted by molar-refractivity contribution is -0.0409. The van der Waals surface area contributed by atoms with Gasteiger partial charge in [0.05, 0.1) is 12.7 Å². The summed E-state index contributed by atoms with van der Waals surface area (Å²) in [6, 6.07) is 8.96. The van der Waals surface area contributed by atoms with Gasteiger partial charge in [0.1, 0.15) is 0 Å². The van der Waals surface area contributed by atoms with Crippen LogP contribution in [0.2, 0.25) is 0 Å². The number of ether oxygens (including phenoxy) is 1. The van der Waals surface area contributed by atoms with Gasteiger partial charge in [-0.3, -0.25) is 0 Å². The molecular weight excluding hydrogens is 280 g/mol. The summed E-state index contributed by atoms with van der Waals surface area (Å²) >= 11 is 0. The molecule has 0 N–H and O–H groups in total. The van der Waals surface area contributed by atoms with E-state index >= 15 is 0 Å². The molecule has 0 amide bonds. The van der Waals surface area contributed by atoms with Crippen molar-refractivity contribution in [2.45, 2.75) is 64.4 Å². The molecule has 1 nitrogen and oxygen atoms in total. The van der Waals surface area contributed by atoms with Crippen LogP contribution in [0, 0.1) is 24.7 Å². The molecule has 3 rings (SSSR count). The van der Waals surface area contributed by atoms with Crippen LogP contribution in [0.4, 0.5) is 0 Å². The number of allylic oxidation sites excluding steroid dienone is 1. The second-order valence-corrected chi connectivity index (χ2v) is 7.73. The summed E-state index contributed by atoms with van der Waals surface area (Å²) < 4.78 is 6.22. The van der Waals surface area contributed by atoms with Crippen LogP contribution in [-0.2, 0) is 11.2 Å². The van der Waals surface area contributed by atoms with E-state index in [4.69, 9.17) is 4.74 Å². The number of rotatable bonds is 5. The zero-order valence-corrected chi connectivity index (χ0v) is 14.7. The number of hydrogen-bond donors (Lipinski definition) is 0. The van der Waals surface area contributed by atoms with Gasteiger partial charge in [0.2, 0.25) is 0 Å². The van der Waals surface area contributed by atoms with Crippen molar-refractivity contribution in [2.24, 2.45) is 17.8 Å². The van der Waals surface area contributed by atoms with Crippen LogP contribution in [0.3, 0.4) is 0 Å². The average molecular weight is 312 g/mol. The van der Waals surface area contributed by atoms with Gasteiger partial charge in [0.15, 0.2) is 0 Å². The molecule has 1 heterocycles. The molecule has 1 saturated heterocycles. The largest absolute Gasteiger partial charge is 0.378 e. The maximum absolute atomic E-state index is 6.22. The van der Waals surface area contributed by atoms with Gasteiger partial charge < -0.3 is 4.74 Å². The van der Waals surface area contributed by atoms with Gasteiger partial charge in [0, 0.05) is 0 Å². The molecule has 2 unspecified atom stereocenters. The molecule has 2 aliphatic rings. The molecule has 0 radical (unpaired) electrons. The summed E-state index contributed by atoms with van der Waals surface area (Å²) in [5, 5.41) is 0. The lowest BCUT2D eigenvalue weighted by Crippen LogP contribution is -2.32. The van der Waals surface area contributed by atoms with E-state index in [1.165, 1.54) is 56.1 Å². The van der Waals surface area contributed by atoms with E-state index in [0.717, 1.165) is 30.8 Å². The average Bonchev–Trinajstić information content (AvgIpc) is 2.62. The predicted molar refractivity (Wildman–Crippen MR) is 97.6 cm³/mol. The van der Waals surface area contributed by atoms with E-state index in [2.05, 4.69) is 43.8 Å². The first-order valence-corrected chi connectivity index (χ1v) is 9.54. The van der Waals surface area contributed by atoms with Gasteiger partial charge in [-0.1, -0.05) is 35.9 Å². The van der Waals surface area contributed by atoms with Crippen LogP contribution < -0.4 is 0 Å². The highest BCUT2D eigenvalue weighted by atomic mass is 16.5. The Morgan fingerprint density at radius 3 is 2.30 bits per heavy atom. The van der Waals surface area contributed by atoms with Gasteiger partial charge in [-0.15, -0.1) is 6.58 Å². The molecule has 0 spiro atoms. The summed E-state index contributed by atoms with van der Waals surface area (Å²) in [4.78, 5) is 0. The van der Waals surface area contributed by atoms with Gasteiger partial charge in [0.25, 0.3) is 0 Å². The number of aryl methyl sites for hydroxylation is 2. The van der Waals surface area contributed by atoms with E-state index < -0.39 is 0 Å². The third-order valence-corrected chi connectivity index (χ3v) is 6.10. The van der Waals surface area contributed by atoms with E-state index in [-0.39, 0.29) is 0 Å². The minimum atomic E-state index is 0.483. The van der Waals surface area contributed by atoms with Crippen molar-refractivity contribution >= 4 is 0 Å². The highest BCUT2D eigenvalue weighted by Gasteiger charge is 2.30. The Hall–Kier alpha value is -1.08. The standard InChI is InChI=1S/C22H32O/c1-3-18-8-11-20(12-9-18)21-13-15-22(23-16-21)14-10-19-6-4-17(2)5-7-19/h3-7,18,20-22H,1,8-16H2,2H3. The highest BCUT2D eigenvalue weighted by molar-refractivity contribution is 5.21. The Balaban J connectivity index is 1.38. The Kier molecular flexibility index (Phi) is 5.94. The molecule has 1 aliphatic heterocycles. The van der Waals surface area contributed by atoms with Crippen LogP contribution >= 0.6 is 0 Å². The van der Waals surface area contributed by atoms with Gasteiger partial charge >= 0.3 is 0 Å². The van der Waals surface area contributed by atoms with Crippen molar-refractivity contribution < 1.29 is 4.74 Å².